The van der Waals surface area contributed by atoms with E-state index < -0.39 is 11.8 Å². The fourth-order valence-electron chi connectivity index (χ4n) is 5.00. The van der Waals surface area contributed by atoms with E-state index in [9.17, 15) is 9.59 Å². The third-order valence-corrected chi connectivity index (χ3v) is 6.81. The second-order valence-electron chi connectivity index (χ2n) is 9.30. The van der Waals surface area contributed by atoms with Crippen LogP contribution in [-0.4, -0.2) is 48.5 Å². The molecule has 0 bridgehead atoms. The number of rotatable bonds is 6. The van der Waals surface area contributed by atoms with Gasteiger partial charge in [-0.2, -0.15) is 0 Å². The molecule has 180 valence electrons. The van der Waals surface area contributed by atoms with Crippen LogP contribution in [0.25, 0.3) is 0 Å². The summed E-state index contributed by atoms with van der Waals surface area (Å²) >= 11 is 0. The Labute approximate surface area is 202 Å². The molecule has 2 aliphatic rings. The van der Waals surface area contributed by atoms with Gasteiger partial charge in [0, 0.05) is 30.1 Å². The predicted octanol–water partition coefficient (Wildman–Crippen LogP) is 4.91. The van der Waals surface area contributed by atoms with Crippen molar-refractivity contribution in [3.05, 3.63) is 59.7 Å². The number of benzene rings is 2. The molecule has 2 aromatic rings. The zero-order valence-electron chi connectivity index (χ0n) is 20.4. The number of likely N-dealkylation sites (N-methyl/N-ethyl adjacent to an activating group) is 1. The van der Waals surface area contributed by atoms with Crippen LogP contribution >= 0.6 is 0 Å². The Hall–Kier alpha value is -3.19. The maximum atomic E-state index is 14.3. The van der Waals surface area contributed by atoms with E-state index in [1.807, 2.05) is 74.3 Å². The molecule has 4 rings (SSSR count). The van der Waals surface area contributed by atoms with Crippen molar-refractivity contribution < 1.29 is 9.59 Å². The number of carbonyl (C=O) groups excluding carboxylic acids is 2. The van der Waals surface area contributed by atoms with Gasteiger partial charge in [-0.1, -0.05) is 56.5 Å². The monoisotopic (exact) mass is 461 g/mol. The van der Waals surface area contributed by atoms with Gasteiger partial charge in [-0.3, -0.25) is 15.0 Å². The lowest BCUT2D eigenvalue weighted by Gasteiger charge is -2.44. The fraction of sp³-hybridized carbons (Fsp3) is 0.444. The molecule has 1 atom stereocenters. The lowest BCUT2D eigenvalue weighted by molar-refractivity contribution is -0.133. The molecule has 2 N–H and O–H groups in total. The maximum Gasteiger partial charge on any atom is 0.322 e. The van der Waals surface area contributed by atoms with Gasteiger partial charge >= 0.3 is 6.03 Å². The van der Waals surface area contributed by atoms with Crippen LogP contribution in [0.4, 0.5) is 16.2 Å². The topological polar surface area (TPSA) is 77.0 Å². The lowest BCUT2D eigenvalue weighted by atomic mass is 9.93. The molecule has 3 amide bonds. The van der Waals surface area contributed by atoms with E-state index in [0.717, 1.165) is 48.9 Å². The van der Waals surface area contributed by atoms with Gasteiger partial charge < -0.3 is 10.2 Å². The molecular formula is C27H35N5O2. The van der Waals surface area contributed by atoms with Crippen LogP contribution in [0.3, 0.4) is 0 Å². The van der Waals surface area contributed by atoms with Crippen molar-refractivity contribution in [1.29, 1.82) is 0 Å². The summed E-state index contributed by atoms with van der Waals surface area (Å²) in [6.07, 6.45) is 7.89. The highest BCUT2D eigenvalue weighted by molar-refractivity contribution is 6.09. The van der Waals surface area contributed by atoms with Crippen molar-refractivity contribution in [2.24, 2.45) is 4.99 Å². The number of anilines is 2. The summed E-state index contributed by atoms with van der Waals surface area (Å²) < 4.78 is 0. The summed E-state index contributed by atoms with van der Waals surface area (Å²) in [6.45, 7) is 4.56. The first-order valence-corrected chi connectivity index (χ1v) is 12.3. The minimum Gasteiger partial charge on any atom is -0.308 e. The van der Waals surface area contributed by atoms with E-state index in [2.05, 4.69) is 10.6 Å². The zero-order chi connectivity index (χ0) is 24.1. The Bertz CT molecular complexity index is 1060. The van der Waals surface area contributed by atoms with Gasteiger partial charge in [0.1, 0.15) is 0 Å². The van der Waals surface area contributed by atoms with E-state index in [1.165, 1.54) is 6.42 Å². The van der Waals surface area contributed by atoms with Gasteiger partial charge in [-0.25, -0.2) is 9.79 Å². The zero-order valence-corrected chi connectivity index (χ0v) is 20.4. The predicted molar refractivity (Wildman–Crippen MR) is 137 cm³/mol. The first kappa shape index (κ1) is 24.0. The van der Waals surface area contributed by atoms with Gasteiger partial charge in [0.15, 0.2) is 0 Å². The van der Waals surface area contributed by atoms with E-state index >= 15 is 0 Å². The Balaban J connectivity index is 1.73. The van der Waals surface area contributed by atoms with Crippen molar-refractivity contribution in [2.45, 2.75) is 64.2 Å². The summed E-state index contributed by atoms with van der Waals surface area (Å²) in [5, 5.41) is 5.90. The van der Waals surface area contributed by atoms with E-state index in [0.29, 0.717) is 12.2 Å². The third-order valence-electron chi connectivity index (χ3n) is 6.81. The van der Waals surface area contributed by atoms with Crippen LogP contribution < -0.4 is 15.5 Å². The number of nitrogens with one attached hydrogen (secondary N) is 2. The number of carbonyl (C=O) groups is 2. The summed E-state index contributed by atoms with van der Waals surface area (Å²) in [5.74, 6) is -1.77. The lowest BCUT2D eigenvalue weighted by Crippen LogP contribution is -2.69. The van der Waals surface area contributed by atoms with Crippen LogP contribution in [0.5, 0.6) is 0 Å². The highest BCUT2D eigenvalue weighted by atomic mass is 16.2. The fourth-order valence-corrected chi connectivity index (χ4v) is 5.00. The Morgan fingerprint density at radius 3 is 2.65 bits per heavy atom. The largest absolute Gasteiger partial charge is 0.322 e. The molecule has 1 saturated carbocycles. The Morgan fingerprint density at radius 2 is 1.91 bits per heavy atom. The molecule has 0 aromatic heterocycles. The number of aryl methyl sites for hydroxylation is 1. The van der Waals surface area contributed by atoms with Crippen LogP contribution in [-0.2, 0) is 4.79 Å². The SMILES string of the molecule is CCCN1C(=O)C(NC(=O)Nc2cccc(C)c2)(N(C)C2CCCCC2)N=Cc2ccccc21. The van der Waals surface area contributed by atoms with E-state index in [4.69, 9.17) is 4.99 Å². The summed E-state index contributed by atoms with van der Waals surface area (Å²) in [6, 6.07) is 15.1. The summed E-state index contributed by atoms with van der Waals surface area (Å²) in [5.41, 5.74) is 3.40. The Morgan fingerprint density at radius 1 is 1.15 bits per heavy atom. The molecule has 34 heavy (non-hydrogen) atoms. The van der Waals surface area contributed by atoms with Gasteiger partial charge in [0.05, 0.1) is 5.69 Å². The molecule has 0 spiro atoms. The second kappa shape index (κ2) is 10.4. The van der Waals surface area contributed by atoms with Gasteiger partial charge in [-0.15, -0.1) is 0 Å². The van der Waals surface area contributed by atoms with Crippen molar-refractivity contribution >= 4 is 29.5 Å². The number of benzodiazepines with no additional fused rings is 1. The standard InChI is InChI=1S/C27H35N5O2/c1-4-17-32-24-16-9-8-12-21(24)19-28-27(25(32)33,31(3)23-14-6-5-7-15-23)30-26(34)29-22-13-10-11-20(2)18-22/h8-13,16,18-19,23H,4-7,14-15,17H2,1-3H3,(H2,29,30,34). The van der Waals surface area contributed by atoms with Crippen molar-refractivity contribution in [3.63, 3.8) is 0 Å². The Kier molecular flexibility index (Phi) is 7.32. The second-order valence-corrected chi connectivity index (χ2v) is 9.30. The average Bonchev–Trinajstić information content (AvgIpc) is 2.95. The molecule has 2 aromatic carbocycles. The molecule has 1 aliphatic heterocycles. The number of amides is 3. The molecular weight excluding hydrogens is 426 g/mol. The highest BCUT2D eigenvalue weighted by Gasteiger charge is 2.50. The molecule has 0 radical (unpaired) electrons. The molecule has 1 heterocycles. The van der Waals surface area contributed by atoms with E-state index in [1.54, 1.807) is 11.1 Å². The van der Waals surface area contributed by atoms with Crippen LogP contribution in [0, 0.1) is 6.92 Å². The summed E-state index contributed by atoms with van der Waals surface area (Å²) in [4.78, 5) is 36.1. The quantitative estimate of drug-likeness (QED) is 0.600. The number of nitrogens with zero attached hydrogens (tertiary/aromatic N) is 3. The molecule has 0 saturated heterocycles. The van der Waals surface area contributed by atoms with Crippen LogP contribution in [0.1, 0.15) is 56.6 Å². The number of fused-ring (bicyclic) bond motifs is 1. The average molecular weight is 462 g/mol. The number of aliphatic imine (C=N–C) groups is 1. The molecule has 1 fully saturated rings. The first-order chi connectivity index (χ1) is 16.4. The number of urea groups is 1. The number of para-hydroxylation sites is 1. The van der Waals surface area contributed by atoms with E-state index in [-0.39, 0.29) is 11.9 Å². The number of hydrogen-bond acceptors (Lipinski definition) is 4. The number of hydrogen-bond donors (Lipinski definition) is 2. The highest BCUT2D eigenvalue weighted by Crippen LogP contribution is 2.33. The molecule has 7 nitrogen and oxygen atoms in total. The van der Waals surface area contributed by atoms with Crippen LogP contribution in [0.15, 0.2) is 53.5 Å². The smallest absolute Gasteiger partial charge is 0.308 e. The van der Waals surface area contributed by atoms with Crippen molar-refractivity contribution in [1.82, 2.24) is 10.2 Å². The van der Waals surface area contributed by atoms with Gasteiger partial charge in [0.2, 0.25) is 0 Å². The minimum atomic E-state index is -1.54. The van der Waals surface area contributed by atoms with Crippen LogP contribution in [0.2, 0.25) is 0 Å². The summed E-state index contributed by atoms with van der Waals surface area (Å²) in [7, 11) is 1.91. The maximum absolute atomic E-state index is 14.3. The molecule has 7 heteroatoms. The van der Waals surface area contributed by atoms with Gasteiger partial charge in [0.25, 0.3) is 11.7 Å². The van der Waals surface area contributed by atoms with Crippen molar-refractivity contribution in [3.8, 4) is 0 Å². The minimum absolute atomic E-state index is 0.152. The van der Waals surface area contributed by atoms with Crippen molar-refractivity contribution in [2.75, 3.05) is 23.8 Å². The normalized spacial score (nSPS) is 20.7. The molecule has 1 aliphatic carbocycles. The first-order valence-electron chi connectivity index (χ1n) is 12.3. The molecule has 1 unspecified atom stereocenters. The van der Waals surface area contributed by atoms with Gasteiger partial charge in [-0.05, 0) is 57.0 Å². The third kappa shape index (κ3) is 4.85.